The maximum absolute atomic E-state index is 11.4. The highest BCUT2D eigenvalue weighted by Gasteiger charge is 2.17. The zero-order valence-corrected chi connectivity index (χ0v) is 9.22. The molecule has 1 aliphatic heterocycles. The van der Waals surface area contributed by atoms with Gasteiger partial charge in [-0.05, 0) is 5.56 Å². The van der Waals surface area contributed by atoms with Crippen LogP contribution in [-0.4, -0.2) is 18.9 Å². The fourth-order valence-electron chi connectivity index (χ4n) is 1.36. The number of nitrogens with one attached hydrogen (secondary N) is 2. The van der Waals surface area contributed by atoms with Crippen molar-refractivity contribution < 1.29 is 19.2 Å². The van der Waals surface area contributed by atoms with E-state index in [1.54, 1.807) is 0 Å². The molecule has 17 heavy (non-hydrogen) atoms. The Kier molecular flexibility index (Phi) is 4.31. The molecular weight excluding hydrogens is 224 g/mol. The number of amides is 1. The molecule has 1 amide bonds. The number of hydrogen-bond donors (Lipinski definition) is 2. The van der Waals surface area contributed by atoms with E-state index in [9.17, 15) is 4.79 Å². The number of carbonyl (C=O) groups excluding carboxylic acids is 1. The zero-order chi connectivity index (χ0) is 11.9. The van der Waals surface area contributed by atoms with Gasteiger partial charge in [-0.25, -0.2) is 4.79 Å². The van der Waals surface area contributed by atoms with E-state index < -0.39 is 12.3 Å². The van der Waals surface area contributed by atoms with Gasteiger partial charge >= 0.3 is 6.09 Å². The molecule has 0 aromatic heterocycles. The van der Waals surface area contributed by atoms with Crippen molar-refractivity contribution in [2.24, 2.45) is 0 Å². The monoisotopic (exact) mass is 238 g/mol. The van der Waals surface area contributed by atoms with E-state index in [4.69, 9.17) is 14.4 Å². The van der Waals surface area contributed by atoms with Gasteiger partial charge in [-0.1, -0.05) is 36.0 Å². The van der Waals surface area contributed by atoms with E-state index in [0.717, 1.165) is 5.56 Å². The van der Waals surface area contributed by atoms with Crippen LogP contribution in [-0.2, 0) is 21.0 Å². The minimum absolute atomic E-state index is 0.239. The van der Waals surface area contributed by atoms with E-state index >= 15 is 0 Å². The highest BCUT2D eigenvalue weighted by Crippen LogP contribution is 2.02. The Labute approximate surface area is 98.8 Å². The van der Waals surface area contributed by atoms with Gasteiger partial charge in [-0.2, -0.15) is 0 Å². The Morgan fingerprint density at radius 1 is 1.47 bits per heavy atom. The van der Waals surface area contributed by atoms with Gasteiger partial charge in [0.1, 0.15) is 6.61 Å². The molecule has 2 N–H and O–H groups in total. The van der Waals surface area contributed by atoms with Gasteiger partial charge in [0.25, 0.3) is 0 Å². The Morgan fingerprint density at radius 3 is 3.00 bits per heavy atom. The smallest absolute Gasteiger partial charge is 0.409 e. The van der Waals surface area contributed by atoms with E-state index in [1.165, 1.54) is 0 Å². The predicted molar refractivity (Wildman–Crippen MR) is 58.3 cm³/mol. The average Bonchev–Trinajstić information content (AvgIpc) is 2.39. The molecule has 1 heterocycles. The number of alkyl carbamates (subject to hydrolysis) is 1. The lowest BCUT2D eigenvalue weighted by Crippen LogP contribution is -2.44. The SMILES string of the molecule is O=C(NC1CCONO1)OCc1ccccc1. The van der Waals surface area contributed by atoms with Crippen molar-refractivity contribution in [3.63, 3.8) is 0 Å². The van der Waals surface area contributed by atoms with E-state index in [1.807, 2.05) is 30.3 Å². The molecular formula is C11H14N2O4. The van der Waals surface area contributed by atoms with Crippen LogP contribution in [0.2, 0.25) is 0 Å². The molecule has 1 atom stereocenters. The first-order valence-corrected chi connectivity index (χ1v) is 5.34. The fourth-order valence-corrected chi connectivity index (χ4v) is 1.36. The van der Waals surface area contributed by atoms with Crippen molar-refractivity contribution in [3.05, 3.63) is 35.9 Å². The van der Waals surface area contributed by atoms with Crippen LogP contribution in [0.5, 0.6) is 0 Å². The van der Waals surface area contributed by atoms with Crippen LogP contribution in [0.3, 0.4) is 0 Å². The number of hydrogen-bond acceptors (Lipinski definition) is 5. The third kappa shape index (κ3) is 4.03. The van der Waals surface area contributed by atoms with Crippen molar-refractivity contribution >= 4 is 6.09 Å². The van der Waals surface area contributed by atoms with Crippen LogP contribution in [0.4, 0.5) is 4.79 Å². The number of benzene rings is 1. The van der Waals surface area contributed by atoms with Gasteiger partial charge in [-0.15, -0.1) is 0 Å². The zero-order valence-electron chi connectivity index (χ0n) is 9.22. The van der Waals surface area contributed by atoms with Crippen LogP contribution in [0.15, 0.2) is 30.3 Å². The molecule has 1 unspecified atom stereocenters. The Bertz CT molecular complexity index is 352. The predicted octanol–water partition coefficient (Wildman–Crippen LogP) is 1.10. The Morgan fingerprint density at radius 2 is 2.29 bits per heavy atom. The lowest BCUT2D eigenvalue weighted by molar-refractivity contribution is -0.243. The first-order valence-electron chi connectivity index (χ1n) is 5.34. The summed E-state index contributed by atoms with van der Waals surface area (Å²) in [5, 5.41) is 2.56. The lowest BCUT2D eigenvalue weighted by atomic mass is 10.2. The second kappa shape index (κ2) is 6.19. The van der Waals surface area contributed by atoms with Gasteiger partial charge < -0.3 is 4.74 Å². The quantitative estimate of drug-likeness (QED) is 0.825. The normalized spacial score (nSPS) is 19.6. The molecule has 0 bridgehead atoms. The lowest BCUT2D eigenvalue weighted by Gasteiger charge is -2.22. The molecule has 0 saturated carbocycles. The average molecular weight is 238 g/mol. The largest absolute Gasteiger partial charge is 0.445 e. The highest BCUT2D eigenvalue weighted by molar-refractivity contribution is 5.67. The van der Waals surface area contributed by atoms with Crippen LogP contribution in [0.25, 0.3) is 0 Å². The van der Waals surface area contributed by atoms with Crippen LogP contribution < -0.4 is 11.0 Å². The number of rotatable bonds is 3. The topological polar surface area (TPSA) is 68.8 Å². The van der Waals surface area contributed by atoms with Gasteiger partial charge in [0.2, 0.25) is 0 Å². The molecule has 92 valence electrons. The van der Waals surface area contributed by atoms with Crippen molar-refractivity contribution in [2.45, 2.75) is 19.3 Å². The van der Waals surface area contributed by atoms with Crippen LogP contribution >= 0.6 is 0 Å². The van der Waals surface area contributed by atoms with Crippen LogP contribution in [0, 0.1) is 0 Å². The summed E-state index contributed by atoms with van der Waals surface area (Å²) >= 11 is 0. The second-order valence-electron chi connectivity index (χ2n) is 3.53. The molecule has 2 rings (SSSR count). The van der Waals surface area contributed by atoms with Crippen molar-refractivity contribution in [1.82, 2.24) is 11.0 Å². The molecule has 1 aromatic rings. The standard InChI is InChI=1S/C11H14N2O4/c14-11(12-10-6-7-16-13-17-10)15-8-9-4-2-1-3-5-9/h1-5,10,13H,6-8H2,(H,12,14). The maximum atomic E-state index is 11.4. The summed E-state index contributed by atoms with van der Waals surface area (Å²) in [5.41, 5.74) is 3.18. The van der Waals surface area contributed by atoms with Gasteiger partial charge in [0.15, 0.2) is 6.23 Å². The highest BCUT2D eigenvalue weighted by atomic mass is 16.9. The summed E-state index contributed by atoms with van der Waals surface area (Å²) in [6.07, 6.45) is -0.359. The van der Waals surface area contributed by atoms with Crippen LogP contribution in [0.1, 0.15) is 12.0 Å². The summed E-state index contributed by atoms with van der Waals surface area (Å²) < 4.78 is 5.03. The number of carbonyl (C=O) groups is 1. The summed E-state index contributed by atoms with van der Waals surface area (Å²) in [5.74, 6) is 0. The van der Waals surface area contributed by atoms with Gasteiger partial charge in [0.05, 0.1) is 6.61 Å². The first-order chi connectivity index (χ1) is 8.34. The molecule has 1 saturated heterocycles. The Hall–Kier alpha value is -1.63. The maximum Gasteiger partial charge on any atom is 0.409 e. The fraction of sp³-hybridized carbons (Fsp3) is 0.364. The third-order valence-corrected chi connectivity index (χ3v) is 2.22. The van der Waals surface area contributed by atoms with Gasteiger partial charge in [-0.3, -0.25) is 15.0 Å². The molecule has 0 spiro atoms. The van der Waals surface area contributed by atoms with E-state index in [-0.39, 0.29) is 6.61 Å². The number of ether oxygens (including phenoxy) is 1. The third-order valence-electron chi connectivity index (χ3n) is 2.22. The summed E-state index contributed by atoms with van der Waals surface area (Å²) in [6.45, 7) is 0.715. The van der Waals surface area contributed by atoms with Crippen molar-refractivity contribution in [2.75, 3.05) is 6.61 Å². The molecule has 0 aliphatic carbocycles. The van der Waals surface area contributed by atoms with E-state index in [2.05, 4.69) is 11.0 Å². The summed E-state index contributed by atoms with van der Waals surface area (Å²) in [6, 6.07) is 9.47. The van der Waals surface area contributed by atoms with E-state index in [0.29, 0.717) is 13.0 Å². The molecule has 6 heteroatoms. The summed E-state index contributed by atoms with van der Waals surface area (Å²) in [7, 11) is 0. The molecule has 0 radical (unpaired) electrons. The summed E-state index contributed by atoms with van der Waals surface area (Å²) in [4.78, 5) is 21.1. The molecule has 1 aromatic carbocycles. The van der Waals surface area contributed by atoms with Gasteiger partial charge in [0, 0.05) is 6.42 Å². The Balaban J connectivity index is 1.70. The minimum Gasteiger partial charge on any atom is -0.445 e. The molecule has 1 fully saturated rings. The van der Waals surface area contributed by atoms with Crippen molar-refractivity contribution in [3.8, 4) is 0 Å². The molecule has 6 nitrogen and oxygen atoms in total. The molecule has 1 aliphatic rings. The minimum atomic E-state index is -0.512. The van der Waals surface area contributed by atoms with Crippen molar-refractivity contribution in [1.29, 1.82) is 0 Å². The second-order valence-corrected chi connectivity index (χ2v) is 3.53. The first kappa shape index (κ1) is 11.8.